The summed E-state index contributed by atoms with van der Waals surface area (Å²) in [5, 5.41) is 23.1. The molecule has 0 aromatic carbocycles. The van der Waals surface area contributed by atoms with Gasteiger partial charge < -0.3 is 20.3 Å². The second-order valence-electron chi connectivity index (χ2n) is 18.2. The fourth-order valence-corrected chi connectivity index (χ4v) is 8.14. The number of carbonyl (C=O) groups excluding carboxylic acids is 2. The number of carbonyl (C=O) groups is 2. The van der Waals surface area contributed by atoms with E-state index in [0.717, 1.165) is 57.8 Å². The van der Waals surface area contributed by atoms with Gasteiger partial charge in [0, 0.05) is 12.8 Å². The van der Waals surface area contributed by atoms with Gasteiger partial charge in [0.2, 0.25) is 5.91 Å². The molecule has 2 unspecified atom stereocenters. The summed E-state index contributed by atoms with van der Waals surface area (Å²) in [4.78, 5) is 24.5. The van der Waals surface area contributed by atoms with Gasteiger partial charge in [-0.2, -0.15) is 0 Å². The number of hydrogen-bond donors (Lipinski definition) is 3. The largest absolute Gasteiger partial charge is 0.466 e. The van der Waals surface area contributed by atoms with Gasteiger partial charge in [-0.25, -0.2) is 0 Å². The molecule has 0 radical (unpaired) electrons. The molecule has 0 heterocycles. The predicted octanol–water partition coefficient (Wildman–Crippen LogP) is 15.9. The summed E-state index contributed by atoms with van der Waals surface area (Å²) < 4.78 is 5.47. The van der Waals surface area contributed by atoms with Crippen LogP contribution >= 0.6 is 0 Å². The van der Waals surface area contributed by atoms with Crippen molar-refractivity contribution in [1.82, 2.24) is 5.32 Å². The Kier molecular flexibility index (Phi) is 48.6. The number of unbranched alkanes of at least 4 members (excludes halogenated alkanes) is 34. The molecule has 1 amide bonds. The lowest BCUT2D eigenvalue weighted by atomic mass is 10.0. The quantitative estimate of drug-likeness (QED) is 0.0322. The van der Waals surface area contributed by atoms with E-state index >= 15 is 0 Å². The average molecular weight is 846 g/mol. The molecule has 0 aliphatic carbocycles. The van der Waals surface area contributed by atoms with Gasteiger partial charge in [0.25, 0.3) is 0 Å². The van der Waals surface area contributed by atoms with Crippen LogP contribution < -0.4 is 5.32 Å². The van der Waals surface area contributed by atoms with E-state index in [9.17, 15) is 19.8 Å². The maximum Gasteiger partial charge on any atom is 0.305 e. The average Bonchev–Trinajstić information content (AvgIpc) is 3.25. The van der Waals surface area contributed by atoms with Gasteiger partial charge in [-0.3, -0.25) is 9.59 Å². The number of hydrogen-bond acceptors (Lipinski definition) is 5. The third-order valence-corrected chi connectivity index (χ3v) is 12.3. The molecule has 3 N–H and O–H groups in total. The second kappa shape index (κ2) is 50.0. The molecule has 0 rings (SSSR count). The van der Waals surface area contributed by atoms with E-state index in [0.29, 0.717) is 25.9 Å². The Morgan fingerprint density at radius 2 is 0.833 bits per heavy atom. The first-order chi connectivity index (χ1) is 29.5. The molecule has 0 fully saturated rings. The Labute approximate surface area is 373 Å². The number of rotatable bonds is 49. The van der Waals surface area contributed by atoms with Crippen molar-refractivity contribution in [2.24, 2.45) is 0 Å². The van der Waals surface area contributed by atoms with Crippen molar-refractivity contribution >= 4 is 11.9 Å². The highest BCUT2D eigenvalue weighted by atomic mass is 16.5. The lowest BCUT2D eigenvalue weighted by Gasteiger charge is -2.22. The summed E-state index contributed by atoms with van der Waals surface area (Å²) in [6.07, 6.45) is 58.7. The maximum absolute atomic E-state index is 12.4. The Hall–Kier alpha value is -1.66. The molecule has 0 spiro atoms. The zero-order valence-electron chi connectivity index (χ0n) is 40.2. The first-order valence-corrected chi connectivity index (χ1v) is 26.6. The van der Waals surface area contributed by atoms with Crippen LogP contribution in [0.2, 0.25) is 0 Å². The number of aliphatic hydroxyl groups excluding tert-OH is 2. The van der Waals surface area contributed by atoms with Crippen molar-refractivity contribution in [3.8, 4) is 0 Å². The monoisotopic (exact) mass is 846 g/mol. The number of nitrogens with one attached hydrogen (secondary N) is 1. The standard InChI is InChI=1S/C54H103NO5/c1-3-5-7-9-11-13-15-16-17-18-19-22-25-28-32-36-40-44-48-54(59)60-49-45-41-37-33-29-26-23-20-21-24-27-31-35-39-43-47-53(58)55-51(50-56)52(57)46-42-38-34-30-14-12-10-8-6-4-2/h13,15,17-18,51-52,56-57H,3-12,14,16,19-50H2,1-2H3,(H,55,58)/b15-13-,18-17-. The molecule has 0 aromatic rings. The number of allylic oxidation sites excluding steroid dienone is 4. The third-order valence-electron chi connectivity index (χ3n) is 12.3. The van der Waals surface area contributed by atoms with Crippen molar-refractivity contribution in [3.63, 3.8) is 0 Å². The minimum absolute atomic E-state index is 0.00690. The molecule has 0 aromatic heterocycles. The van der Waals surface area contributed by atoms with Crippen LogP contribution in [0.15, 0.2) is 24.3 Å². The maximum atomic E-state index is 12.4. The third kappa shape index (κ3) is 45.9. The van der Waals surface area contributed by atoms with Gasteiger partial charge in [0.15, 0.2) is 0 Å². The van der Waals surface area contributed by atoms with E-state index in [4.69, 9.17) is 4.74 Å². The van der Waals surface area contributed by atoms with E-state index in [1.165, 1.54) is 193 Å². The van der Waals surface area contributed by atoms with Gasteiger partial charge in [-0.05, 0) is 57.8 Å². The summed E-state index contributed by atoms with van der Waals surface area (Å²) in [5.74, 6) is -0.0524. The summed E-state index contributed by atoms with van der Waals surface area (Å²) in [5.41, 5.74) is 0. The fraction of sp³-hybridized carbons (Fsp3) is 0.889. The minimum Gasteiger partial charge on any atom is -0.466 e. The lowest BCUT2D eigenvalue weighted by molar-refractivity contribution is -0.143. The molecule has 0 aliphatic heterocycles. The summed E-state index contributed by atoms with van der Waals surface area (Å²) in [6, 6.07) is -0.546. The number of amides is 1. The summed E-state index contributed by atoms with van der Waals surface area (Å²) in [6.45, 7) is 4.90. The highest BCUT2D eigenvalue weighted by molar-refractivity contribution is 5.76. The van der Waals surface area contributed by atoms with E-state index in [1.54, 1.807) is 0 Å². The van der Waals surface area contributed by atoms with Crippen LogP contribution in [-0.4, -0.2) is 47.4 Å². The normalized spacial score (nSPS) is 12.8. The Morgan fingerprint density at radius 1 is 0.467 bits per heavy atom. The van der Waals surface area contributed by atoms with Crippen LogP contribution in [0, 0.1) is 0 Å². The van der Waals surface area contributed by atoms with Crippen LogP contribution in [0.25, 0.3) is 0 Å². The molecular formula is C54H103NO5. The van der Waals surface area contributed by atoms with Crippen molar-refractivity contribution < 1.29 is 24.5 Å². The van der Waals surface area contributed by atoms with Crippen LogP contribution in [0.1, 0.15) is 284 Å². The second-order valence-corrected chi connectivity index (χ2v) is 18.2. The van der Waals surface area contributed by atoms with Crippen molar-refractivity contribution in [3.05, 3.63) is 24.3 Å². The van der Waals surface area contributed by atoms with E-state index in [1.807, 2.05) is 0 Å². The van der Waals surface area contributed by atoms with Gasteiger partial charge in [0.1, 0.15) is 0 Å². The highest BCUT2D eigenvalue weighted by Crippen LogP contribution is 2.16. The van der Waals surface area contributed by atoms with E-state index in [2.05, 4.69) is 43.5 Å². The molecule has 0 bridgehead atoms. The molecule has 6 nitrogen and oxygen atoms in total. The number of esters is 1. The van der Waals surface area contributed by atoms with Crippen molar-refractivity contribution in [2.75, 3.05) is 13.2 Å². The molecule has 354 valence electrons. The Bertz CT molecular complexity index is 935. The summed E-state index contributed by atoms with van der Waals surface area (Å²) >= 11 is 0. The molecule has 2 atom stereocenters. The van der Waals surface area contributed by atoms with Crippen molar-refractivity contribution in [2.45, 2.75) is 296 Å². The highest BCUT2D eigenvalue weighted by Gasteiger charge is 2.20. The number of aliphatic hydroxyl groups is 2. The van der Waals surface area contributed by atoms with E-state index in [-0.39, 0.29) is 18.5 Å². The topological polar surface area (TPSA) is 95.9 Å². The van der Waals surface area contributed by atoms with Gasteiger partial charge >= 0.3 is 5.97 Å². The first kappa shape index (κ1) is 58.3. The smallest absolute Gasteiger partial charge is 0.305 e. The molecule has 0 saturated carbocycles. The molecular weight excluding hydrogens is 743 g/mol. The molecule has 60 heavy (non-hydrogen) atoms. The van der Waals surface area contributed by atoms with E-state index < -0.39 is 12.1 Å². The SMILES string of the molecule is CCCCCC/C=C\C/C=C\CCCCCCCCCC(=O)OCCCCCCCCCCCCCCCCCC(=O)NC(CO)C(O)CCCCCCCCCCCC. The minimum atomic E-state index is -0.668. The number of ether oxygens (including phenoxy) is 1. The van der Waals surface area contributed by atoms with Crippen LogP contribution in [0.5, 0.6) is 0 Å². The zero-order valence-corrected chi connectivity index (χ0v) is 40.2. The molecule has 0 aliphatic rings. The predicted molar refractivity (Wildman–Crippen MR) is 260 cm³/mol. The van der Waals surface area contributed by atoms with Crippen molar-refractivity contribution in [1.29, 1.82) is 0 Å². The Morgan fingerprint density at radius 3 is 1.28 bits per heavy atom. The van der Waals surface area contributed by atoms with Crippen LogP contribution in [0.4, 0.5) is 0 Å². The van der Waals surface area contributed by atoms with Crippen LogP contribution in [-0.2, 0) is 14.3 Å². The zero-order chi connectivity index (χ0) is 43.7. The summed E-state index contributed by atoms with van der Waals surface area (Å²) in [7, 11) is 0. The van der Waals surface area contributed by atoms with Gasteiger partial charge in [-0.15, -0.1) is 0 Å². The molecule has 6 heteroatoms. The Balaban J connectivity index is 3.41. The van der Waals surface area contributed by atoms with Gasteiger partial charge in [-0.1, -0.05) is 237 Å². The van der Waals surface area contributed by atoms with Gasteiger partial charge in [0.05, 0.1) is 25.4 Å². The van der Waals surface area contributed by atoms with Crippen LogP contribution in [0.3, 0.4) is 0 Å². The molecule has 0 saturated heterocycles. The fourth-order valence-electron chi connectivity index (χ4n) is 8.14. The first-order valence-electron chi connectivity index (χ1n) is 26.6. The lowest BCUT2D eigenvalue weighted by Crippen LogP contribution is -2.45.